The number of carbonyl (C=O) groups excluding carboxylic acids is 2. The van der Waals surface area contributed by atoms with Crippen molar-refractivity contribution in [2.45, 2.75) is 58.7 Å². The summed E-state index contributed by atoms with van der Waals surface area (Å²) in [6.07, 6.45) is 2.12. The van der Waals surface area contributed by atoms with Gasteiger partial charge in [0.05, 0.1) is 11.9 Å². The van der Waals surface area contributed by atoms with E-state index >= 15 is 0 Å². The molecule has 0 aliphatic heterocycles. The summed E-state index contributed by atoms with van der Waals surface area (Å²) in [5.74, 6) is -0.357. The van der Waals surface area contributed by atoms with Crippen LogP contribution in [0.5, 0.6) is 0 Å². The Morgan fingerprint density at radius 3 is 2.06 bits per heavy atom. The molecule has 1 atom stereocenters. The minimum absolute atomic E-state index is 0.0329. The molecule has 2 aromatic rings. The first kappa shape index (κ1) is 26.4. The summed E-state index contributed by atoms with van der Waals surface area (Å²) in [6, 6.07) is 17.8. The molecule has 2 amide bonds. The number of benzene rings is 2. The molecule has 0 aliphatic rings. The highest BCUT2D eigenvalue weighted by Crippen LogP contribution is 2.19. The highest BCUT2D eigenvalue weighted by atomic mass is 32.2. The van der Waals surface area contributed by atoms with Crippen molar-refractivity contribution in [2.75, 3.05) is 17.1 Å². The molecule has 0 spiro atoms. The van der Waals surface area contributed by atoms with Gasteiger partial charge in [0, 0.05) is 25.6 Å². The van der Waals surface area contributed by atoms with E-state index in [0.29, 0.717) is 25.1 Å². The second-order valence-electron chi connectivity index (χ2n) is 8.37. The van der Waals surface area contributed by atoms with Gasteiger partial charge >= 0.3 is 0 Å². The first-order valence-corrected chi connectivity index (χ1v) is 13.1. The standard InChI is InChI=1S/C25H35N3O4S/c1-5-23(25(30)26-20(2)3)27(19-21-13-8-6-9-14-21)24(29)17-12-18-28(33(4,31)32)22-15-10-7-11-16-22/h6-11,13-16,20,23H,5,12,17-19H2,1-4H3,(H,26,30)/t23-/m0/s1. The van der Waals surface area contributed by atoms with Crippen LogP contribution in [-0.4, -0.2) is 50.0 Å². The van der Waals surface area contributed by atoms with Gasteiger partial charge in [0.2, 0.25) is 21.8 Å². The second kappa shape index (κ2) is 12.4. The van der Waals surface area contributed by atoms with Crippen molar-refractivity contribution in [3.63, 3.8) is 0 Å². The molecular weight excluding hydrogens is 438 g/mol. The van der Waals surface area contributed by atoms with Crippen molar-refractivity contribution in [1.29, 1.82) is 0 Å². The Hall–Kier alpha value is -2.87. The third-order valence-electron chi connectivity index (χ3n) is 5.21. The maximum atomic E-state index is 13.3. The van der Waals surface area contributed by atoms with Crippen molar-refractivity contribution in [1.82, 2.24) is 10.2 Å². The van der Waals surface area contributed by atoms with Gasteiger partial charge < -0.3 is 10.2 Å². The average Bonchev–Trinajstić information content (AvgIpc) is 2.76. The minimum atomic E-state index is -3.49. The van der Waals surface area contributed by atoms with Crippen LogP contribution < -0.4 is 9.62 Å². The first-order valence-electron chi connectivity index (χ1n) is 11.3. The molecule has 0 bridgehead atoms. The fourth-order valence-corrected chi connectivity index (χ4v) is 4.64. The molecule has 2 rings (SSSR count). The zero-order valence-electron chi connectivity index (χ0n) is 19.9. The molecule has 1 N–H and O–H groups in total. The highest BCUT2D eigenvalue weighted by Gasteiger charge is 2.29. The number of anilines is 1. The third kappa shape index (κ3) is 8.20. The largest absolute Gasteiger partial charge is 0.352 e. The minimum Gasteiger partial charge on any atom is -0.352 e. The average molecular weight is 474 g/mol. The number of nitrogens with zero attached hydrogens (tertiary/aromatic N) is 2. The first-order chi connectivity index (χ1) is 15.6. The maximum absolute atomic E-state index is 13.3. The normalized spacial score (nSPS) is 12.3. The van der Waals surface area contributed by atoms with Crippen molar-refractivity contribution >= 4 is 27.5 Å². The SMILES string of the molecule is CC[C@@H](C(=O)NC(C)C)N(Cc1ccccc1)C(=O)CCCN(c1ccccc1)S(C)(=O)=O. The summed E-state index contributed by atoms with van der Waals surface area (Å²) in [7, 11) is -3.49. The monoisotopic (exact) mass is 473 g/mol. The Morgan fingerprint density at radius 2 is 1.55 bits per heavy atom. The summed E-state index contributed by atoms with van der Waals surface area (Å²) in [4.78, 5) is 27.7. The lowest BCUT2D eigenvalue weighted by Gasteiger charge is -2.31. The van der Waals surface area contributed by atoms with E-state index in [1.54, 1.807) is 29.2 Å². The second-order valence-corrected chi connectivity index (χ2v) is 10.3. The van der Waals surface area contributed by atoms with E-state index in [-0.39, 0.29) is 30.8 Å². The molecule has 0 aromatic heterocycles. The van der Waals surface area contributed by atoms with E-state index in [1.807, 2.05) is 57.2 Å². The van der Waals surface area contributed by atoms with E-state index < -0.39 is 16.1 Å². The van der Waals surface area contributed by atoms with Crippen LogP contribution in [0, 0.1) is 0 Å². The van der Waals surface area contributed by atoms with Crippen LogP contribution in [0.25, 0.3) is 0 Å². The predicted octanol–water partition coefficient (Wildman–Crippen LogP) is 3.56. The molecule has 0 radical (unpaired) electrons. The number of carbonyl (C=O) groups is 2. The van der Waals surface area contributed by atoms with Crippen molar-refractivity contribution in [2.24, 2.45) is 0 Å². The Balaban J connectivity index is 2.17. The maximum Gasteiger partial charge on any atom is 0.243 e. The lowest BCUT2D eigenvalue weighted by Crippen LogP contribution is -2.50. The van der Waals surface area contributed by atoms with Crippen molar-refractivity contribution in [3.05, 3.63) is 66.2 Å². The molecule has 180 valence electrons. The van der Waals surface area contributed by atoms with E-state index in [2.05, 4.69) is 5.32 Å². The zero-order valence-corrected chi connectivity index (χ0v) is 20.7. The molecule has 0 heterocycles. The lowest BCUT2D eigenvalue weighted by atomic mass is 10.1. The van der Waals surface area contributed by atoms with Gasteiger partial charge in [-0.25, -0.2) is 8.42 Å². The zero-order chi connectivity index (χ0) is 24.4. The summed E-state index contributed by atoms with van der Waals surface area (Å²) in [5.41, 5.74) is 1.50. The van der Waals surface area contributed by atoms with Crippen LogP contribution in [-0.2, 0) is 26.2 Å². The molecular formula is C25H35N3O4S. The fourth-order valence-electron chi connectivity index (χ4n) is 3.68. The molecule has 0 aliphatic carbocycles. The van der Waals surface area contributed by atoms with Gasteiger partial charge in [-0.1, -0.05) is 55.5 Å². The van der Waals surface area contributed by atoms with Gasteiger partial charge in [0.15, 0.2) is 0 Å². The number of hydrogen-bond acceptors (Lipinski definition) is 4. The van der Waals surface area contributed by atoms with Crippen LogP contribution in [0.2, 0.25) is 0 Å². The summed E-state index contributed by atoms with van der Waals surface area (Å²) < 4.78 is 25.9. The number of amides is 2. The smallest absolute Gasteiger partial charge is 0.243 e. The van der Waals surface area contributed by atoms with Gasteiger partial charge in [-0.15, -0.1) is 0 Å². The van der Waals surface area contributed by atoms with Gasteiger partial charge in [-0.05, 0) is 44.4 Å². The highest BCUT2D eigenvalue weighted by molar-refractivity contribution is 7.92. The number of sulfonamides is 1. The Morgan fingerprint density at radius 1 is 0.970 bits per heavy atom. The quantitative estimate of drug-likeness (QED) is 0.511. The summed E-state index contributed by atoms with van der Waals surface area (Å²) >= 11 is 0. The predicted molar refractivity (Wildman–Crippen MR) is 132 cm³/mol. The van der Waals surface area contributed by atoms with Crippen molar-refractivity contribution in [3.8, 4) is 0 Å². The van der Waals surface area contributed by atoms with E-state index in [9.17, 15) is 18.0 Å². The molecule has 0 saturated heterocycles. The Labute approximate surface area is 197 Å². The number of rotatable bonds is 12. The Kier molecular flexibility index (Phi) is 9.91. The van der Waals surface area contributed by atoms with Gasteiger partial charge in [-0.2, -0.15) is 0 Å². The molecule has 0 unspecified atom stereocenters. The lowest BCUT2D eigenvalue weighted by molar-refractivity contribution is -0.141. The van der Waals surface area contributed by atoms with Crippen LogP contribution in [0.3, 0.4) is 0 Å². The van der Waals surface area contributed by atoms with Crippen LogP contribution >= 0.6 is 0 Å². The molecule has 8 heteroatoms. The number of nitrogens with one attached hydrogen (secondary N) is 1. The van der Waals surface area contributed by atoms with E-state index in [4.69, 9.17) is 0 Å². The van der Waals surface area contributed by atoms with Crippen LogP contribution in [0.1, 0.15) is 45.6 Å². The van der Waals surface area contributed by atoms with E-state index in [0.717, 1.165) is 11.8 Å². The van der Waals surface area contributed by atoms with Gasteiger partial charge in [0.25, 0.3) is 0 Å². The number of hydrogen-bond donors (Lipinski definition) is 1. The Bertz CT molecular complexity index is 995. The topological polar surface area (TPSA) is 86.8 Å². The molecule has 2 aromatic carbocycles. The van der Waals surface area contributed by atoms with Gasteiger partial charge in [-0.3, -0.25) is 13.9 Å². The fraction of sp³-hybridized carbons (Fsp3) is 0.440. The summed E-state index contributed by atoms with van der Waals surface area (Å²) in [5, 5.41) is 2.91. The van der Waals surface area contributed by atoms with Crippen molar-refractivity contribution < 1.29 is 18.0 Å². The van der Waals surface area contributed by atoms with Crippen LogP contribution in [0.4, 0.5) is 5.69 Å². The molecule has 0 saturated carbocycles. The van der Waals surface area contributed by atoms with Gasteiger partial charge in [0.1, 0.15) is 6.04 Å². The third-order valence-corrected chi connectivity index (χ3v) is 6.40. The van der Waals surface area contributed by atoms with E-state index in [1.165, 1.54) is 4.31 Å². The molecule has 33 heavy (non-hydrogen) atoms. The summed E-state index contributed by atoms with van der Waals surface area (Å²) in [6.45, 7) is 6.16. The molecule has 7 nitrogen and oxygen atoms in total. The number of para-hydroxylation sites is 1. The molecule has 0 fully saturated rings. The van der Waals surface area contributed by atoms with Crippen LogP contribution in [0.15, 0.2) is 60.7 Å².